The van der Waals surface area contributed by atoms with E-state index in [1.807, 2.05) is 0 Å². The SMILES string of the molecule is C=CC(=O)NCC(=O)OC1C2OC(=O)C3C2OC1C3C(=O)OC. The van der Waals surface area contributed by atoms with E-state index in [0.717, 1.165) is 6.08 Å². The summed E-state index contributed by atoms with van der Waals surface area (Å²) in [6.07, 6.45) is -2.05. The van der Waals surface area contributed by atoms with Gasteiger partial charge in [0.25, 0.3) is 0 Å². The monoisotopic (exact) mass is 325 g/mol. The molecule has 6 atom stereocenters. The molecular weight excluding hydrogens is 310 g/mol. The summed E-state index contributed by atoms with van der Waals surface area (Å²) in [6, 6.07) is 0. The largest absolute Gasteiger partial charge is 0.469 e. The second-order valence-corrected chi connectivity index (χ2v) is 5.42. The zero-order chi connectivity index (χ0) is 16.7. The van der Waals surface area contributed by atoms with Gasteiger partial charge in [-0.3, -0.25) is 19.2 Å². The normalized spacial score (nSPS) is 36.3. The molecule has 124 valence electrons. The maximum atomic E-state index is 11.9. The molecule has 3 heterocycles. The fraction of sp³-hybridized carbons (Fsp3) is 0.571. The van der Waals surface area contributed by atoms with Gasteiger partial charge in [-0.2, -0.15) is 0 Å². The minimum atomic E-state index is -0.903. The first-order valence-corrected chi connectivity index (χ1v) is 7.01. The molecule has 9 heteroatoms. The molecule has 1 N–H and O–H groups in total. The van der Waals surface area contributed by atoms with E-state index in [2.05, 4.69) is 11.9 Å². The number of rotatable bonds is 5. The molecule has 2 bridgehead atoms. The number of amides is 1. The summed E-state index contributed by atoms with van der Waals surface area (Å²) >= 11 is 0. The minimum absolute atomic E-state index is 0.369. The average Bonchev–Trinajstić information content (AvgIpc) is 3.15. The fourth-order valence-corrected chi connectivity index (χ4v) is 3.30. The van der Waals surface area contributed by atoms with E-state index in [9.17, 15) is 19.2 Å². The minimum Gasteiger partial charge on any atom is -0.469 e. The van der Waals surface area contributed by atoms with Crippen molar-refractivity contribution in [1.82, 2.24) is 5.32 Å². The number of hydrogen-bond donors (Lipinski definition) is 1. The van der Waals surface area contributed by atoms with Crippen LogP contribution in [-0.4, -0.2) is 61.9 Å². The van der Waals surface area contributed by atoms with E-state index in [-0.39, 0.29) is 6.54 Å². The maximum Gasteiger partial charge on any atom is 0.325 e. The molecule has 1 amide bonds. The van der Waals surface area contributed by atoms with Crippen LogP contribution in [0.15, 0.2) is 12.7 Å². The van der Waals surface area contributed by atoms with E-state index in [1.165, 1.54) is 7.11 Å². The van der Waals surface area contributed by atoms with Crippen molar-refractivity contribution >= 4 is 23.8 Å². The van der Waals surface area contributed by atoms with Crippen molar-refractivity contribution in [1.29, 1.82) is 0 Å². The van der Waals surface area contributed by atoms with Crippen LogP contribution in [0.4, 0.5) is 0 Å². The lowest BCUT2D eigenvalue weighted by Crippen LogP contribution is -2.48. The molecule has 3 aliphatic rings. The van der Waals surface area contributed by atoms with E-state index >= 15 is 0 Å². The lowest BCUT2D eigenvalue weighted by molar-refractivity contribution is -0.162. The van der Waals surface area contributed by atoms with Gasteiger partial charge in [0.15, 0.2) is 12.2 Å². The Hall–Kier alpha value is -2.42. The van der Waals surface area contributed by atoms with Gasteiger partial charge in [-0.1, -0.05) is 6.58 Å². The maximum absolute atomic E-state index is 11.9. The Labute approximate surface area is 130 Å². The summed E-state index contributed by atoms with van der Waals surface area (Å²) in [5.74, 6) is -4.02. The molecule has 0 spiro atoms. The topological polar surface area (TPSA) is 117 Å². The number of carbonyl (C=O) groups excluding carboxylic acids is 4. The van der Waals surface area contributed by atoms with Gasteiger partial charge >= 0.3 is 17.9 Å². The molecule has 0 radical (unpaired) electrons. The number of methoxy groups -OCH3 is 1. The van der Waals surface area contributed by atoms with Gasteiger partial charge in [-0.05, 0) is 6.08 Å². The van der Waals surface area contributed by atoms with E-state index in [4.69, 9.17) is 18.9 Å². The first-order valence-electron chi connectivity index (χ1n) is 7.01. The smallest absolute Gasteiger partial charge is 0.325 e. The molecule has 3 rings (SSSR count). The van der Waals surface area contributed by atoms with Gasteiger partial charge in [0, 0.05) is 0 Å². The standard InChI is InChI=1S/C14H15NO8/c1-3-5(16)15-4-6(17)21-11-9-7(13(18)20-2)8-10(22-9)12(11)23-14(8)19/h3,7-12H,1,4H2,2H3,(H,15,16). The van der Waals surface area contributed by atoms with Crippen LogP contribution < -0.4 is 5.32 Å². The Kier molecular flexibility index (Phi) is 3.80. The van der Waals surface area contributed by atoms with E-state index in [0.29, 0.717) is 0 Å². The Morgan fingerprint density at radius 3 is 2.70 bits per heavy atom. The lowest BCUT2D eigenvalue weighted by Gasteiger charge is -2.26. The van der Waals surface area contributed by atoms with Crippen LogP contribution in [0.5, 0.6) is 0 Å². The average molecular weight is 325 g/mol. The molecule has 0 aromatic carbocycles. The highest BCUT2D eigenvalue weighted by molar-refractivity contribution is 5.90. The quantitative estimate of drug-likeness (QED) is 0.361. The zero-order valence-electron chi connectivity index (χ0n) is 12.2. The second kappa shape index (κ2) is 5.65. The Morgan fingerprint density at radius 1 is 1.30 bits per heavy atom. The van der Waals surface area contributed by atoms with Crippen LogP contribution >= 0.6 is 0 Å². The number of hydrogen-bond acceptors (Lipinski definition) is 8. The molecule has 3 saturated heterocycles. The third-order valence-electron chi connectivity index (χ3n) is 4.24. The van der Waals surface area contributed by atoms with E-state index < -0.39 is 60.1 Å². The number of ether oxygens (including phenoxy) is 4. The molecule has 0 aromatic heterocycles. The van der Waals surface area contributed by atoms with Crippen LogP contribution in [0.1, 0.15) is 0 Å². The number of carbonyl (C=O) groups is 4. The summed E-state index contributed by atoms with van der Waals surface area (Å²) in [6.45, 7) is 2.89. The highest BCUT2D eigenvalue weighted by Gasteiger charge is 2.71. The van der Waals surface area contributed by atoms with Crippen LogP contribution in [0.2, 0.25) is 0 Å². The third-order valence-corrected chi connectivity index (χ3v) is 4.24. The van der Waals surface area contributed by atoms with Crippen molar-refractivity contribution in [3.63, 3.8) is 0 Å². The molecule has 6 unspecified atom stereocenters. The summed E-state index contributed by atoms with van der Waals surface area (Å²) in [7, 11) is 1.21. The van der Waals surface area contributed by atoms with Crippen molar-refractivity contribution in [2.75, 3.05) is 13.7 Å². The van der Waals surface area contributed by atoms with E-state index in [1.54, 1.807) is 0 Å². The summed E-state index contributed by atoms with van der Waals surface area (Å²) in [4.78, 5) is 46.6. The second-order valence-electron chi connectivity index (χ2n) is 5.42. The highest BCUT2D eigenvalue weighted by Crippen LogP contribution is 2.51. The predicted molar refractivity (Wildman–Crippen MR) is 70.6 cm³/mol. The van der Waals surface area contributed by atoms with Gasteiger partial charge < -0.3 is 24.3 Å². The Morgan fingerprint density at radius 2 is 2.04 bits per heavy atom. The molecule has 9 nitrogen and oxygen atoms in total. The molecule has 0 saturated carbocycles. The van der Waals surface area contributed by atoms with Crippen molar-refractivity contribution in [2.24, 2.45) is 11.8 Å². The fourth-order valence-electron chi connectivity index (χ4n) is 3.30. The number of nitrogens with one attached hydrogen (secondary N) is 1. The van der Waals surface area contributed by atoms with Crippen molar-refractivity contribution in [3.8, 4) is 0 Å². The molecule has 23 heavy (non-hydrogen) atoms. The molecule has 0 aliphatic carbocycles. The summed E-state index contributed by atoms with van der Waals surface area (Å²) in [5.41, 5.74) is 0. The number of esters is 3. The first-order chi connectivity index (χ1) is 11.0. The molecule has 3 fully saturated rings. The Bertz CT molecular complexity index is 587. The predicted octanol–water partition coefficient (Wildman–Crippen LogP) is -1.69. The van der Waals surface area contributed by atoms with Gasteiger partial charge in [-0.15, -0.1) is 0 Å². The van der Waals surface area contributed by atoms with Crippen LogP contribution in [0.3, 0.4) is 0 Å². The van der Waals surface area contributed by atoms with Crippen molar-refractivity contribution < 1.29 is 38.1 Å². The van der Waals surface area contributed by atoms with Crippen LogP contribution in [-0.2, 0) is 38.1 Å². The highest BCUT2D eigenvalue weighted by atomic mass is 16.7. The van der Waals surface area contributed by atoms with Crippen LogP contribution in [0, 0.1) is 11.8 Å². The molecule has 3 aliphatic heterocycles. The summed E-state index contributed by atoms with van der Waals surface area (Å²) in [5, 5.41) is 2.28. The van der Waals surface area contributed by atoms with Gasteiger partial charge in [0.05, 0.1) is 7.11 Å². The van der Waals surface area contributed by atoms with Gasteiger partial charge in [0.1, 0.15) is 30.6 Å². The number of fused-ring (bicyclic) bond motifs is 1. The molecular formula is C14H15NO8. The van der Waals surface area contributed by atoms with Gasteiger partial charge in [0.2, 0.25) is 5.91 Å². The lowest BCUT2D eigenvalue weighted by atomic mass is 9.78. The van der Waals surface area contributed by atoms with Crippen LogP contribution in [0.25, 0.3) is 0 Å². The Balaban J connectivity index is 1.70. The summed E-state index contributed by atoms with van der Waals surface area (Å²) < 4.78 is 20.7. The van der Waals surface area contributed by atoms with Crippen molar-refractivity contribution in [3.05, 3.63) is 12.7 Å². The first kappa shape index (κ1) is 15.5. The van der Waals surface area contributed by atoms with Gasteiger partial charge in [-0.25, -0.2) is 0 Å². The third kappa shape index (κ3) is 2.37. The van der Waals surface area contributed by atoms with Crippen molar-refractivity contribution in [2.45, 2.75) is 24.4 Å². The molecule has 0 aromatic rings. The zero-order valence-corrected chi connectivity index (χ0v) is 12.2.